The number of piperidine rings is 1. The summed E-state index contributed by atoms with van der Waals surface area (Å²) >= 11 is 0. The second-order valence-electron chi connectivity index (χ2n) is 5.20. The molecular formula is C15H23ClF2N2. The third-order valence-corrected chi connectivity index (χ3v) is 3.71. The smallest absolute Gasteiger partial charge is 0.159 e. The van der Waals surface area contributed by atoms with Crippen molar-refractivity contribution in [2.75, 3.05) is 19.6 Å². The lowest BCUT2D eigenvalue weighted by atomic mass is 10.0. The maximum Gasteiger partial charge on any atom is 0.159 e. The summed E-state index contributed by atoms with van der Waals surface area (Å²) in [6, 6.07) is 4.77. The predicted molar refractivity (Wildman–Crippen MR) is 80.2 cm³/mol. The van der Waals surface area contributed by atoms with Crippen LogP contribution in [0.15, 0.2) is 18.2 Å². The fourth-order valence-corrected chi connectivity index (χ4v) is 2.72. The highest BCUT2D eigenvalue weighted by molar-refractivity contribution is 5.85. The van der Waals surface area contributed by atoms with Crippen LogP contribution in [0.2, 0.25) is 0 Å². The van der Waals surface area contributed by atoms with Gasteiger partial charge in [-0.1, -0.05) is 13.0 Å². The van der Waals surface area contributed by atoms with Crippen molar-refractivity contribution in [1.82, 2.24) is 10.2 Å². The fraction of sp³-hybridized carbons (Fsp3) is 0.600. The molecule has 0 aliphatic carbocycles. The number of nitrogens with one attached hydrogen (secondary N) is 1. The van der Waals surface area contributed by atoms with Crippen molar-refractivity contribution in [2.24, 2.45) is 0 Å². The van der Waals surface area contributed by atoms with Crippen molar-refractivity contribution in [3.05, 3.63) is 35.4 Å². The van der Waals surface area contributed by atoms with Gasteiger partial charge in [0, 0.05) is 12.6 Å². The summed E-state index contributed by atoms with van der Waals surface area (Å²) in [5.74, 6) is -1.52. The van der Waals surface area contributed by atoms with Gasteiger partial charge >= 0.3 is 0 Å². The van der Waals surface area contributed by atoms with E-state index in [9.17, 15) is 8.78 Å². The van der Waals surface area contributed by atoms with Crippen molar-refractivity contribution in [2.45, 2.75) is 38.8 Å². The molecule has 1 saturated heterocycles. The molecule has 0 amide bonds. The van der Waals surface area contributed by atoms with Crippen LogP contribution >= 0.6 is 12.4 Å². The number of hydrogen-bond acceptors (Lipinski definition) is 2. The molecule has 1 aromatic rings. The molecule has 5 heteroatoms. The number of nitrogens with zero attached hydrogens (tertiary/aromatic N) is 1. The first-order valence-electron chi connectivity index (χ1n) is 7.09. The number of hydrogen-bond donors (Lipinski definition) is 1. The first-order chi connectivity index (χ1) is 9.20. The van der Waals surface area contributed by atoms with Crippen LogP contribution in [0.1, 0.15) is 31.7 Å². The number of rotatable bonds is 5. The van der Waals surface area contributed by atoms with E-state index in [2.05, 4.69) is 17.1 Å². The summed E-state index contributed by atoms with van der Waals surface area (Å²) in [7, 11) is 0. The molecule has 2 rings (SSSR count). The molecule has 1 aliphatic rings. The second kappa shape index (κ2) is 8.55. The zero-order valence-electron chi connectivity index (χ0n) is 11.9. The zero-order valence-corrected chi connectivity index (χ0v) is 12.7. The lowest BCUT2D eigenvalue weighted by Gasteiger charge is -2.34. The van der Waals surface area contributed by atoms with Crippen LogP contribution in [0.4, 0.5) is 8.78 Å². The van der Waals surface area contributed by atoms with Crippen molar-refractivity contribution in [1.29, 1.82) is 0 Å². The summed E-state index contributed by atoms with van der Waals surface area (Å²) < 4.78 is 26.2. The van der Waals surface area contributed by atoms with Crippen LogP contribution in [-0.4, -0.2) is 30.6 Å². The van der Waals surface area contributed by atoms with Gasteiger partial charge in [0.15, 0.2) is 11.6 Å². The molecule has 0 spiro atoms. The van der Waals surface area contributed by atoms with Gasteiger partial charge < -0.3 is 5.32 Å². The molecule has 0 bridgehead atoms. The molecule has 0 atom stereocenters. The molecule has 1 N–H and O–H groups in total. The van der Waals surface area contributed by atoms with Crippen LogP contribution < -0.4 is 5.32 Å². The molecule has 0 unspecified atom stereocenters. The fourth-order valence-electron chi connectivity index (χ4n) is 2.72. The molecule has 1 fully saturated rings. The summed E-state index contributed by atoms with van der Waals surface area (Å²) in [6.07, 6.45) is 3.33. The Morgan fingerprint density at radius 3 is 2.50 bits per heavy atom. The summed E-state index contributed by atoms with van der Waals surface area (Å²) in [5.41, 5.74) is 0.853. The molecule has 20 heavy (non-hydrogen) atoms. The maximum absolute atomic E-state index is 13.3. The lowest BCUT2D eigenvalue weighted by Crippen LogP contribution is -2.43. The van der Waals surface area contributed by atoms with Crippen LogP contribution in [0.3, 0.4) is 0 Å². The largest absolute Gasteiger partial charge is 0.317 e. The zero-order chi connectivity index (χ0) is 13.7. The molecule has 0 radical (unpaired) electrons. The van der Waals surface area contributed by atoms with E-state index in [4.69, 9.17) is 0 Å². The van der Waals surface area contributed by atoms with Gasteiger partial charge in [-0.3, -0.25) is 4.90 Å². The van der Waals surface area contributed by atoms with Gasteiger partial charge in [-0.25, -0.2) is 8.78 Å². The second-order valence-corrected chi connectivity index (χ2v) is 5.20. The predicted octanol–water partition coefficient (Wildman–Crippen LogP) is 3.35. The third kappa shape index (κ3) is 4.69. The van der Waals surface area contributed by atoms with Crippen LogP contribution in [0, 0.1) is 11.6 Å². The highest BCUT2D eigenvalue weighted by Gasteiger charge is 2.20. The Morgan fingerprint density at radius 2 is 1.90 bits per heavy atom. The normalized spacial score (nSPS) is 16.2. The first kappa shape index (κ1) is 17.3. The van der Waals surface area contributed by atoms with Gasteiger partial charge in [0.25, 0.3) is 0 Å². The van der Waals surface area contributed by atoms with Gasteiger partial charge in [0.1, 0.15) is 0 Å². The molecule has 1 heterocycles. The SMILES string of the molecule is CCCN(Cc1ccc(F)c(F)c1)C1CCNCC1.Cl. The molecule has 1 aromatic carbocycles. The topological polar surface area (TPSA) is 15.3 Å². The highest BCUT2D eigenvalue weighted by atomic mass is 35.5. The third-order valence-electron chi connectivity index (χ3n) is 3.71. The van der Waals surface area contributed by atoms with Gasteiger partial charge in [0.05, 0.1) is 0 Å². The first-order valence-corrected chi connectivity index (χ1v) is 7.09. The van der Waals surface area contributed by atoms with E-state index in [0.29, 0.717) is 12.6 Å². The number of benzene rings is 1. The Kier molecular flexibility index (Phi) is 7.41. The van der Waals surface area contributed by atoms with Gasteiger partial charge in [0.2, 0.25) is 0 Å². The minimum atomic E-state index is -0.771. The average molecular weight is 305 g/mol. The van der Waals surface area contributed by atoms with Gasteiger partial charge in [-0.05, 0) is 56.6 Å². The van der Waals surface area contributed by atoms with E-state index in [1.165, 1.54) is 12.1 Å². The van der Waals surface area contributed by atoms with E-state index in [1.807, 2.05) is 0 Å². The summed E-state index contributed by atoms with van der Waals surface area (Å²) in [6.45, 7) is 5.95. The van der Waals surface area contributed by atoms with Gasteiger partial charge in [-0.2, -0.15) is 0 Å². The molecule has 2 nitrogen and oxygen atoms in total. The summed E-state index contributed by atoms with van der Waals surface area (Å²) in [4.78, 5) is 2.40. The molecule has 114 valence electrons. The van der Waals surface area contributed by atoms with Crippen LogP contribution in [0.25, 0.3) is 0 Å². The van der Waals surface area contributed by atoms with Crippen molar-refractivity contribution in [3.63, 3.8) is 0 Å². The maximum atomic E-state index is 13.3. The molecule has 0 saturated carbocycles. The minimum absolute atomic E-state index is 0. The van der Waals surface area contributed by atoms with E-state index < -0.39 is 11.6 Å². The Hall–Kier alpha value is -0.710. The van der Waals surface area contributed by atoms with Crippen LogP contribution in [0.5, 0.6) is 0 Å². The Labute approximate surface area is 126 Å². The van der Waals surface area contributed by atoms with Crippen molar-refractivity contribution >= 4 is 12.4 Å². The molecule has 1 aliphatic heterocycles. The van der Waals surface area contributed by atoms with E-state index in [-0.39, 0.29) is 12.4 Å². The van der Waals surface area contributed by atoms with E-state index in [0.717, 1.165) is 44.5 Å². The molecule has 0 aromatic heterocycles. The number of halogens is 3. The van der Waals surface area contributed by atoms with Crippen LogP contribution in [-0.2, 0) is 6.54 Å². The molecular weight excluding hydrogens is 282 g/mol. The van der Waals surface area contributed by atoms with E-state index >= 15 is 0 Å². The van der Waals surface area contributed by atoms with Gasteiger partial charge in [-0.15, -0.1) is 12.4 Å². The highest BCUT2D eigenvalue weighted by Crippen LogP contribution is 2.17. The van der Waals surface area contributed by atoms with Crippen molar-refractivity contribution in [3.8, 4) is 0 Å². The van der Waals surface area contributed by atoms with Crippen molar-refractivity contribution < 1.29 is 8.78 Å². The Morgan fingerprint density at radius 1 is 1.20 bits per heavy atom. The lowest BCUT2D eigenvalue weighted by molar-refractivity contribution is 0.154. The van der Waals surface area contributed by atoms with E-state index in [1.54, 1.807) is 6.07 Å². The minimum Gasteiger partial charge on any atom is -0.317 e. The summed E-state index contributed by atoms with van der Waals surface area (Å²) in [5, 5.41) is 3.36. The Balaban J connectivity index is 0.00000200. The average Bonchev–Trinajstić information content (AvgIpc) is 2.43. The standard InChI is InChI=1S/C15H22F2N2.ClH/c1-2-9-19(13-5-7-18-8-6-13)11-12-3-4-14(16)15(17)10-12;/h3-4,10,13,18H,2,5-9,11H2,1H3;1H. The quantitative estimate of drug-likeness (QED) is 0.897. The monoisotopic (exact) mass is 304 g/mol. The Bertz CT molecular complexity index is 409.